The Morgan fingerprint density at radius 1 is 1.31 bits per heavy atom. The average Bonchev–Trinajstić information content (AvgIpc) is 2.63. The highest BCUT2D eigenvalue weighted by atomic mass is 16.4. The van der Waals surface area contributed by atoms with Crippen molar-refractivity contribution >= 4 is 12.9 Å². The summed E-state index contributed by atoms with van der Waals surface area (Å²) in [6, 6.07) is 0.309. The number of ketones is 1. The van der Waals surface area contributed by atoms with E-state index in [1.54, 1.807) is 0 Å². The van der Waals surface area contributed by atoms with Crippen molar-refractivity contribution in [2.75, 3.05) is 6.54 Å². The lowest BCUT2D eigenvalue weighted by molar-refractivity contribution is -0.120. The van der Waals surface area contributed by atoms with E-state index >= 15 is 0 Å². The molecule has 0 spiro atoms. The van der Waals surface area contributed by atoms with E-state index in [9.17, 15) is 4.79 Å². The minimum Gasteiger partial charge on any atom is -0.426 e. The molecule has 5 nitrogen and oxygen atoms in total. The number of Topliss-reactive ketones (excluding diaryl/α,β-unsaturated/α-hetero) is 1. The van der Waals surface area contributed by atoms with E-state index in [1.165, 1.54) is 19.3 Å². The van der Waals surface area contributed by atoms with Crippen LogP contribution in [0.5, 0.6) is 0 Å². The van der Waals surface area contributed by atoms with Crippen molar-refractivity contribution in [3.8, 4) is 0 Å². The summed E-state index contributed by atoms with van der Waals surface area (Å²) in [7, 11) is -1.36. The first kappa shape index (κ1) is 12.0. The quantitative estimate of drug-likeness (QED) is 0.444. The maximum absolute atomic E-state index is 11.8. The van der Waals surface area contributed by atoms with E-state index in [0.717, 1.165) is 0 Å². The van der Waals surface area contributed by atoms with E-state index < -0.39 is 7.12 Å². The molecule has 0 bridgehead atoms. The first-order valence-corrected chi connectivity index (χ1v) is 6.05. The maximum atomic E-state index is 11.8. The molecule has 0 radical (unpaired) electrons. The predicted octanol–water partition coefficient (Wildman–Crippen LogP) is -1.17. The molecule has 2 rings (SSSR count). The van der Waals surface area contributed by atoms with Crippen molar-refractivity contribution in [1.82, 2.24) is 10.6 Å². The Morgan fingerprint density at radius 3 is 2.56 bits per heavy atom. The molecule has 90 valence electrons. The van der Waals surface area contributed by atoms with E-state index in [-0.39, 0.29) is 17.8 Å². The molecule has 0 aromatic rings. The molecule has 1 aliphatic carbocycles. The number of hydrogen-bond donors (Lipinski definition) is 4. The average molecular weight is 226 g/mol. The van der Waals surface area contributed by atoms with E-state index in [4.69, 9.17) is 10.0 Å². The minimum absolute atomic E-state index is 0.134. The normalized spacial score (nSPS) is 30.1. The van der Waals surface area contributed by atoms with Gasteiger partial charge in [-0.15, -0.1) is 0 Å². The third kappa shape index (κ3) is 2.82. The summed E-state index contributed by atoms with van der Waals surface area (Å²) in [5.74, 6) is -0.215. The molecule has 1 heterocycles. The van der Waals surface area contributed by atoms with Crippen LogP contribution in [0.3, 0.4) is 0 Å². The van der Waals surface area contributed by atoms with Gasteiger partial charge in [0, 0.05) is 12.0 Å². The van der Waals surface area contributed by atoms with Gasteiger partial charge in [0.2, 0.25) is 0 Å². The maximum Gasteiger partial charge on any atom is 0.469 e. The number of rotatable bonds is 5. The molecule has 2 atom stereocenters. The van der Waals surface area contributed by atoms with E-state index in [2.05, 4.69) is 10.6 Å². The summed E-state index contributed by atoms with van der Waals surface area (Å²) in [5.41, 5.74) is 0. The number of nitrogens with one attached hydrogen (secondary N) is 2. The van der Waals surface area contributed by atoms with Gasteiger partial charge in [0.1, 0.15) is 0 Å². The second kappa shape index (κ2) is 5.27. The van der Waals surface area contributed by atoms with Gasteiger partial charge in [-0.05, 0) is 25.7 Å². The zero-order chi connectivity index (χ0) is 11.5. The highest BCUT2D eigenvalue weighted by molar-refractivity contribution is 6.43. The third-order valence-electron chi connectivity index (χ3n) is 3.60. The predicted molar refractivity (Wildman–Crippen MR) is 60.8 cm³/mol. The molecule has 4 N–H and O–H groups in total. The topological polar surface area (TPSA) is 81.6 Å². The van der Waals surface area contributed by atoms with Gasteiger partial charge in [-0.1, -0.05) is 6.42 Å². The monoisotopic (exact) mass is 226 g/mol. The molecule has 6 heteroatoms. The Bertz CT molecular complexity index is 258. The van der Waals surface area contributed by atoms with Crippen molar-refractivity contribution in [2.24, 2.45) is 0 Å². The Kier molecular flexibility index (Phi) is 3.97. The van der Waals surface area contributed by atoms with E-state index in [0.29, 0.717) is 25.4 Å². The molecular weight excluding hydrogens is 207 g/mol. The first-order chi connectivity index (χ1) is 7.66. The second-order valence-corrected chi connectivity index (χ2v) is 4.79. The highest BCUT2D eigenvalue weighted by Gasteiger charge is 2.35. The van der Waals surface area contributed by atoms with Crippen molar-refractivity contribution < 1.29 is 14.8 Å². The molecule has 2 aliphatic rings. The Hall–Kier alpha value is -0.425. The molecule has 1 unspecified atom stereocenters. The lowest BCUT2D eigenvalue weighted by atomic mass is 9.79. The van der Waals surface area contributed by atoms with Gasteiger partial charge < -0.3 is 20.7 Å². The van der Waals surface area contributed by atoms with Crippen LogP contribution in [-0.2, 0) is 4.79 Å². The smallest absolute Gasteiger partial charge is 0.426 e. The van der Waals surface area contributed by atoms with Gasteiger partial charge in [0.15, 0.2) is 5.78 Å². The summed E-state index contributed by atoms with van der Waals surface area (Å²) in [6.07, 6.45) is 4.95. The van der Waals surface area contributed by atoms with Crippen LogP contribution in [0.2, 0.25) is 0 Å². The number of carbonyl (C=O) groups is 1. The standard InChI is InChI=1S/C10H19BN2O3/c14-9(6-12-7-2-1-3-7)8-4-5-10(13-8)11(15)16/h7-8,10,12-13,15-16H,1-6H2/t8?,10-/m0/s1. The van der Waals surface area contributed by atoms with Crippen LogP contribution in [0.15, 0.2) is 0 Å². The van der Waals surface area contributed by atoms with Gasteiger partial charge in [0.25, 0.3) is 0 Å². The van der Waals surface area contributed by atoms with Gasteiger partial charge in [-0.25, -0.2) is 0 Å². The van der Waals surface area contributed by atoms with Crippen LogP contribution in [0.1, 0.15) is 32.1 Å². The number of carbonyl (C=O) groups excluding carboxylic acids is 1. The molecule has 0 aromatic carbocycles. The molecule has 1 saturated heterocycles. The number of hydrogen-bond acceptors (Lipinski definition) is 5. The lowest BCUT2D eigenvalue weighted by Crippen LogP contribution is -2.47. The molecule has 16 heavy (non-hydrogen) atoms. The van der Waals surface area contributed by atoms with Crippen molar-refractivity contribution in [3.63, 3.8) is 0 Å². The largest absolute Gasteiger partial charge is 0.469 e. The van der Waals surface area contributed by atoms with Gasteiger partial charge in [0.05, 0.1) is 12.6 Å². The SMILES string of the molecule is O=C(CNC1CCC1)C1CC[C@@H](B(O)O)N1. The highest BCUT2D eigenvalue weighted by Crippen LogP contribution is 2.18. The van der Waals surface area contributed by atoms with Crippen LogP contribution in [0.25, 0.3) is 0 Å². The molecular formula is C10H19BN2O3. The van der Waals surface area contributed by atoms with Crippen LogP contribution in [0, 0.1) is 0 Å². The van der Waals surface area contributed by atoms with Gasteiger partial charge in [-0.2, -0.15) is 0 Å². The van der Waals surface area contributed by atoms with Crippen molar-refractivity contribution in [2.45, 2.75) is 50.1 Å². The third-order valence-corrected chi connectivity index (χ3v) is 3.60. The van der Waals surface area contributed by atoms with Gasteiger partial charge in [-0.3, -0.25) is 4.79 Å². The summed E-state index contributed by atoms with van der Waals surface area (Å²) < 4.78 is 0. The molecule has 1 aliphatic heterocycles. The molecule has 2 fully saturated rings. The van der Waals surface area contributed by atoms with Crippen molar-refractivity contribution in [1.29, 1.82) is 0 Å². The first-order valence-electron chi connectivity index (χ1n) is 6.05. The molecule has 0 amide bonds. The lowest BCUT2D eigenvalue weighted by Gasteiger charge is -2.26. The minimum atomic E-state index is -1.36. The summed E-state index contributed by atoms with van der Waals surface area (Å²) >= 11 is 0. The van der Waals surface area contributed by atoms with Crippen LogP contribution in [-0.4, -0.2) is 47.5 Å². The summed E-state index contributed by atoms with van der Waals surface area (Å²) in [6.45, 7) is 0.399. The molecule has 0 aromatic heterocycles. The zero-order valence-corrected chi connectivity index (χ0v) is 9.35. The fourth-order valence-corrected chi connectivity index (χ4v) is 2.24. The van der Waals surface area contributed by atoms with E-state index in [1.807, 2.05) is 0 Å². The Balaban J connectivity index is 1.69. The van der Waals surface area contributed by atoms with Crippen molar-refractivity contribution in [3.05, 3.63) is 0 Å². The fraction of sp³-hybridized carbons (Fsp3) is 0.900. The van der Waals surface area contributed by atoms with Gasteiger partial charge >= 0.3 is 7.12 Å². The fourth-order valence-electron chi connectivity index (χ4n) is 2.24. The zero-order valence-electron chi connectivity index (χ0n) is 9.35. The Labute approximate surface area is 95.8 Å². The van der Waals surface area contributed by atoms with Crippen LogP contribution >= 0.6 is 0 Å². The summed E-state index contributed by atoms with van der Waals surface area (Å²) in [4.78, 5) is 11.8. The van der Waals surface area contributed by atoms with Crippen LogP contribution in [0.4, 0.5) is 0 Å². The Morgan fingerprint density at radius 2 is 2.06 bits per heavy atom. The second-order valence-electron chi connectivity index (χ2n) is 4.79. The summed E-state index contributed by atoms with van der Waals surface area (Å²) in [5, 5.41) is 24.2. The van der Waals surface area contributed by atoms with Crippen LogP contribution < -0.4 is 10.6 Å². The molecule has 1 saturated carbocycles.